The lowest BCUT2D eigenvalue weighted by Crippen LogP contribution is -2.44. The number of hydrogen-bond acceptors (Lipinski definition) is 4. The summed E-state index contributed by atoms with van der Waals surface area (Å²) >= 11 is 0. The summed E-state index contributed by atoms with van der Waals surface area (Å²) in [6, 6.07) is 31.7. The number of aromatic nitrogens is 1. The maximum atomic E-state index is 14.0. The Kier molecular flexibility index (Phi) is 8.64. The fourth-order valence-electron chi connectivity index (χ4n) is 5.69. The highest BCUT2D eigenvalue weighted by Crippen LogP contribution is 2.31. The molecule has 0 spiro atoms. The summed E-state index contributed by atoms with van der Waals surface area (Å²) in [5.74, 6) is 1.06. The summed E-state index contributed by atoms with van der Waals surface area (Å²) in [5.41, 5.74) is 5.89. The summed E-state index contributed by atoms with van der Waals surface area (Å²) in [4.78, 5) is 34.7. The SMILES string of the molecule is COc1ccc(CN(CCc2c[nH]c3ccccc23)C(=O)CN(C(=O)c2ccc(-c3ccccc3)cc2)C2CC2)cc1OC. The summed E-state index contributed by atoms with van der Waals surface area (Å²) in [5, 5.41) is 1.15. The van der Waals surface area contributed by atoms with Crippen LogP contribution in [-0.2, 0) is 17.8 Å². The molecule has 7 nitrogen and oxygen atoms in total. The van der Waals surface area contributed by atoms with E-state index < -0.39 is 0 Å². The summed E-state index contributed by atoms with van der Waals surface area (Å²) < 4.78 is 10.9. The zero-order valence-corrected chi connectivity index (χ0v) is 25.2. The van der Waals surface area contributed by atoms with E-state index in [9.17, 15) is 9.59 Å². The molecule has 1 heterocycles. The molecule has 1 aromatic heterocycles. The van der Waals surface area contributed by atoms with Gasteiger partial charge >= 0.3 is 0 Å². The average Bonchev–Trinajstić information content (AvgIpc) is 3.84. The molecule has 4 aromatic carbocycles. The summed E-state index contributed by atoms with van der Waals surface area (Å²) in [7, 11) is 3.21. The minimum absolute atomic E-state index is 0.0328. The molecular weight excluding hydrogens is 550 g/mol. The number of amides is 2. The number of para-hydroxylation sites is 1. The smallest absolute Gasteiger partial charge is 0.254 e. The van der Waals surface area contributed by atoms with E-state index >= 15 is 0 Å². The minimum atomic E-state index is -0.108. The maximum absolute atomic E-state index is 14.0. The van der Waals surface area contributed by atoms with Gasteiger partial charge in [0.1, 0.15) is 6.54 Å². The number of methoxy groups -OCH3 is 2. The van der Waals surface area contributed by atoms with Crippen molar-refractivity contribution >= 4 is 22.7 Å². The molecule has 6 rings (SSSR count). The van der Waals surface area contributed by atoms with Gasteiger partial charge in [0.05, 0.1) is 14.2 Å². The molecule has 2 amide bonds. The van der Waals surface area contributed by atoms with Crippen LogP contribution < -0.4 is 9.47 Å². The second-order valence-corrected chi connectivity index (χ2v) is 11.2. The Labute approximate surface area is 258 Å². The third-order valence-electron chi connectivity index (χ3n) is 8.29. The van der Waals surface area contributed by atoms with Gasteiger partial charge in [-0.15, -0.1) is 0 Å². The average molecular weight is 588 g/mol. The molecule has 224 valence electrons. The molecule has 1 fully saturated rings. The Balaban J connectivity index is 1.22. The number of hydrogen-bond donors (Lipinski definition) is 1. The second kappa shape index (κ2) is 13.1. The first-order valence-corrected chi connectivity index (χ1v) is 15.0. The van der Waals surface area contributed by atoms with Gasteiger partial charge in [-0.3, -0.25) is 9.59 Å². The van der Waals surface area contributed by atoms with Crippen molar-refractivity contribution in [2.75, 3.05) is 27.3 Å². The molecule has 0 radical (unpaired) electrons. The van der Waals surface area contributed by atoms with E-state index in [1.165, 1.54) is 0 Å². The first kappa shape index (κ1) is 29.1. The van der Waals surface area contributed by atoms with Gasteiger partial charge in [0.25, 0.3) is 5.91 Å². The number of ether oxygens (including phenoxy) is 2. The van der Waals surface area contributed by atoms with Crippen LogP contribution in [0.25, 0.3) is 22.0 Å². The van der Waals surface area contributed by atoms with E-state index in [1.54, 1.807) is 19.1 Å². The molecule has 0 unspecified atom stereocenters. The van der Waals surface area contributed by atoms with E-state index in [-0.39, 0.29) is 24.4 Å². The van der Waals surface area contributed by atoms with Crippen LogP contribution in [0.2, 0.25) is 0 Å². The van der Waals surface area contributed by atoms with Gasteiger partial charge in [0, 0.05) is 41.8 Å². The van der Waals surface area contributed by atoms with Crippen LogP contribution in [0.3, 0.4) is 0 Å². The molecule has 1 N–H and O–H groups in total. The molecular formula is C37H37N3O4. The molecule has 0 saturated heterocycles. The molecule has 5 aromatic rings. The van der Waals surface area contributed by atoms with Crippen LogP contribution in [-0.4, -0.2) is 59.9 Å². The van der Waals surface area contributed by atoms with E-state index in [0.29, 0.717) is 36.6 Å². The van der Waals surface area contributed by atoms with Gasteiger partial charge < -0.3 is 24.3 Å². The molecule has 7 heteroatoms. The lowest BCUT2D eigenvalue weighted by atomic mass is 10.0. The zero-order valence-electron chi connectivity index (χ0n) is 25.2. The quantitative estimate of drug-likeness (QED) is 0.176. The Morgan fingerprint density at radius 2 is 1.52 bits per heavy atom. The Morgan fingerprint density at radius 3 is 2.25 bits per heavy atom. The van der Waals surface area contributed by atoms with Gasteiger partial charge in [-0.05, 0) is 71.8 Å². The first-order chi connectivity index (χ1) is 21.5. The maximum Gasteiger partial charge on any atom is 0.254 e. The molecule has 0 aliphatic heterocycles. The number of H-pyrrole nitrogens is 1. The van der Waals surface area contributed by atoms with Crippen molar-refractivity contribution in [2.24, 2.45) is 0 Å². The molecule has 44 heavy (non-hydrogen) atoms. The van der Waals surface area contributed by atoms with Crippen LogP contribution in [0.15, 0.2) is 103 Å². The van der Waals surface area contributed by atoms with E-state index in [1.807, 2.05) is 83.9 Å². The van der Waals surface area contributed by atoms with E-state index in [4.69, 9.17) is 9.47 Å². The highest BCUT2D eigenvalue weighted by Gasteiger charge is 2.35. The molecule has 0 atom stereocenters. The van der Waals surface area contributed by atoms with E-state index in [2.05, 4.69) is 29.2 Å². The third-order valence-corrected chi connectivity index (χ3v) is 8.29. The van der Waals surface area contributed by atoms with Gasteiger partial charge in [-0.1, -0.05) is 66.7 Å². The normalized spacial score (nSPS) is 12.6. The number of aromatic amines is 1. The van der Waals surface area contributed by atoms with Crippen molar-refractivity contribution in [3.8, 4) is 22.6 Å². The monoisotopic (exact) mass is 587 g/mol. The van der Waals surface area contributed by atoms with Gasteiger partial charge in [-0.25, -0.2) is 0 Å². The van der Waals surface area contributed by atoms with Gasteiger partial charge in [-0.2, -0.15) is 0 Å². The lowest BCUT2D eigenvalue weighted by molar-refractivity contribution is -0.132. The van der Waals surface area contributed by atoms with E-state index in [0.717, 1.165) is 46.0 Å². The number of fused-ring (bicyclic) bond motifs is 1. The molecule has 1 aliphatic rings. The highest BCUT2D eigenvalue weighted by atomic mass is 16.5. The van der Waals surface area contributed by atoms with Crippen molar-refractivity contribution in [1.29, 1.82) is 0 Å². The Hall–Kier alpha value is -5.04. The van der Waals surface area contributed by atoms with Crippen LogP contribution in [0.1, 0.15) is 34.3 Å². The molecule has 1 aliphatic carbocycles. The predicted octanol–water partition coefficient (Wildman–Crippen LogP) is 6.73. The number of carbonyl (C=O) groups excluding carboxylic acids is 2. The van der Waals surface area contributed by atoms with Crippen LogP contribution in [0, 0.1) is 0 Å². The number of rotatable bonds is 12. The number of nitrogens with zero attached hydrogens (tertiary/aromatic N) is 2. The minimum Gasteiger partial charge on any atom is -0.493 e. The number of nitrogens with one attached hydrogen (secondary N) is 1. The van der Waals surface area contributed by atoms with Crippen molar-refractivity contribution in [1.82, 2.24) is 14.8 Å². The lowest BCUT2D eigenvalue weighted by Gasteiger charge is -2.28. The molecule has 1 saturated carbocycles. The number of benzene rings is 4. The Morgan fingerprint density at radius 1 is 0.818 bits per heavy atom. The van der Waals surface area contributed by atoms with Crippen LogP contribution in [0.5, 0.6) is 11.5 Å². The number of carbonyl (C=O) groups is 2. The predicted molar refractivity (Wildman–Crippen MR) is 173 cm³/mol. The second-order valence-electron chi connectivity index (χ2n) is 11.2. The van der Waals surface area contributed by atoms with Gasteiger partial charge in [0.15, 0.2) is 11.5 Å². The standard InChI is InChI=1S/C37H37N3O4/c1-43-34-19-12-26(22-35(34)44-2)24-39(21-20-30-23-38-33-11-7-6-10-32(30)33)36(41)25-40(31-17-18-31)37(42)29-15-13-28(14-16-29)27-8-4-3-5-9-27/h3-16,19,22-23,31,38H,17-18,20-21,24-25H2,1-2H3. The summed E-state index contributed by atoms with van der Waals surface area (Å²) in [6.45, 7) is 0.929. The van der Waals surface area contributed by atoms with Gasteiger partial charge in [0.2, 0.25) is 5.91 Å². The molecule has 0 bridgehead atoms. The largest absolute Gasteiger partial charge is 0.493 e. The summed E-state index contributed by atoms with van der Waals surface area (Å²) in [6.07, 6.45) is 4.52. The zero-order chi connectivity index (χ0) is 30.5. The van der Waals surface area contributed by atoms with Crippen LogP contribution >= 0.6 is 0 Å². The fraction of sp³-hybridized carbons (Fsp3) is 0.243. The van der Waals surface area contributed by atoms with Crippen molar-refractivity contribution in [2.45, 2.75) is 31.8 Å². The topological polar surface area (TPSA) is 74.9 Å². The first-order valence-electron chi connectivity index (χ1n) is 15.0. The highest BCUT2D eigenvalue weighted by molar-refractivity contribution is 5.97. The van der Waals surface area contributed by atoms with Crippen LogP contribution in [0.4, 0.5) is 0 Å². The third kappa shape index (κ3) is 6.47. The van der Waals surface area contributed by atoms with Crippen molar-refractivity contribution < 1.29 is 19.1 Å². The fourth-order valence-corrected chi connectivity index (χ4v) is 5.69. The Bertz CT molecular complexity index is 1740. The van der Waals surface area contributed by atoms with Crippen molar-refractivity contribution in [3.63, 3.8) is 0 Å². The van der Waals surface area contributed by atoms with Crippen molar-refractivity contribution in [3.05, 3.63) is 120 Å².